The standard InChI is InChI=1S/C9H11NO2.ClH/c10-9(7-4-8(11)12)5-2-1-3-6-9;/h1-5,7H,6,10H2,(H,11,12);1H/b7-4+;. The van der Waals surface area contributed by atoms with Gasteiger partial charge in [-0.3, -0.25) is 0 Å². The maximum atomic E-state index is 10.2. The molecule has 1 rings (SSSR count). The minimum atomic E-state index is -0.970. The average molecular weight is 202 g/mol. The third-order valence-corrected chi connectivity index (χ3v) is 1.66. The molecule has 72 valence electrons. The van der Waals surface area contributed by atoms with E-state index in [1.165, 1.54) is 6.08 Å². The molecule has 0 aromatic carbocycles. The maximum Gasteiger partial charge on any atom is 0.328 e. The van der Waals surface area contributed by atoms with Gasteiger partial charge in [-0.05, 0) is 6.42 Å². The van der Waals surface area contributed by atoms with E-state index in [0.29, 0.717) is 6.42 Å². The lowest BCUT2D eigenvalue weighted by Crippen LogP contribution is -2.35. The van der Waals surface area contributed by atoms with E-state index in [1.807, 2.05) is 18.2 Å². The first-order valence-electron chi connectivity index (χ1n) is 3.68. The Hall–Kier alpha value is -1.06. The van der Waals surface area contributed by atoms with E-state index in [-0.39, 0.29) is 12.4 Å². The first kappa shape index (κ1) is 11.9. The Balaban J connectivity index is 0.00000144. The number of carboxylic acid groups (broad SMARTS) is 1. The van der Waals surface area contributed by atoms with Crippen molar-refractivity contribution < 1.29 is 9.90 Å². The van der Waals surface area contributed by atoms with Crippen molar-refractivity contribution in [3.05, 3.63) is 36.5 Å². The molecule has 0 saturated carbocycles. The highest BCUT2D eigenvalue weighted by Crippen LogP contribution is 2.15. The van der Waals surface area contributed by atoms with Crippen LogP contribution < -0.4 is 5.73 Å². The molecule has 0 aliphatic heterocycles. The smallest absolute Gasteiger partial charge is 0.328 e. The fourth-order valence-corrected chi connectivity index (χ4v) is 1.00. The number of carbonyl (C=O) groups is 1. The van der Waals surface area contributed by atoms with E-state index < -0.39 is 11.5 Å². The monoisotopic (exact) mass is 201 g/mol. The molecule has 1 aliphatic rings. The number of aliphatic carboxylic acids is 1. The summed E-state index contributed by atoms with van der Waals surface area (Å²) in [5, 5.41) is 8.37. The van der Waals surface area contributed by atoms with Crippen LogP contribution in [-0.4, -0.2) is 16.6 Å². The van der Waals surface area contributed by atoms with Crippen LogP contribution in [0.3, 0.4) is 0 Å². The Bertz CT molecular complexity index is 271. The summed E-state index contributed by atoms with van der Waals surface area (Å²) < 4.78 is 0. The molecule has 0 aromatic heterocycles. The Labute approximate surface area is 83.0 Å². The third kappa shape index (κ3) is 3.92. The van der Waals surface area contributed by atoms with Crippen LogP contribution in [-0.2, 0) is 4.79 Å². The van der Waals surface area contributed by atoms with Gasteiger partial charge in [0, 0.05) is 6.08 Å². The van der Waals surface area contributed by atoms with Crippen molar-refractivity contribution in [3.8, 4) is 0 Å². The van der Waals surface area contributed by atoms with Crippen molar-refractivity contribution in [2.45, 2.75) is 12.0 Å². The molecule has 1 aliphatic carbocycles. The zero-order valence-corrected chi connectivity index (χ0v) is 7.83. The molecule has 4 heteroatoms. The minimum absolute atomic E-state index is 0. The highest BCUT2D eigenvalue weighted by atomic mass is 35.5. The van der Waals surface area contributed by atoms with Crippen molar-refractivity contribution in [2.75, 3.05) is 0 Å². The lowest BCUT2D eigenvalue weighted by atomic mass is 9.92. The van der Waals surface area contributed by atoms with E-state index in [1.54, 1.807) is 6.08 Å². The van der Waals surface area contributed by atoms with E-state index in [0.717, 1.165) is 6.08 Å². The van der Waals surface area contributed by atoms with Crippen molar-refractivity contribution in [3.63, 3.8) is 0 Å². The van der Waals surface area contributed by atoms with Gasteiger partial charge in [0.25, 0.3) is 0 Å². The van der Waals surface area contributed by atoms with Gasteiger partial charge in [0.15, 0.2) is 0 Å². The van der Waals surface area contributed by atoms with Crippen LogP contribution >= 0.6 is 12.4 Å². The second-order valence-electron chi connectivity index (χ2n) is 2.78. The number of nitrogens with two attached hydrogens (primary N) is 1. The van der Waals surface area contributed by atoms with Gasteiger partial charge in [-0.1, -0.05) is 30.4 Å². The number of hydrogen-bond acceptors (Lipinski definition) is 2. The van der Waals surface area contributed by atoms with Gasteiger partial charge in [0.05, 0.1) is 5.54 Å². The Morgan fingerprint density at radius 3 is 2.69 bits per heavy atom. The van der Waals surface area contributed by atoms with Crippen molar-refractivity contribution in [2.24, 2.45) is 5.73 Å². The number of allylic oxidation sites excluding steroid dienone is 2. The Kier molecular flexibility index (Phi) is 4.45. The first-order valence-corrected chi connectivity index (χ1v) is 3.68. The first-order chi connectivity index (χ1) is 5.62. The molecule has 0 saturated heterocycles. The van der Waals surface area contributed by atoms with Crippen LogP contribution in [0.15, 0.2) is 36.5 Å². The van der Waals surface area contributed by atoms with Crippen molar-refractivity contribution in [1.29, 1.82) is 0 Å². The van der Waals surface area contributed by atoms with Crippen LogP contribution in [0.4, 0.5) is 0 Å². The van der Waals surface area contributed by atoms with E-state index in [4.69, 9.17) is 10.8 Å². The molecule has 3 nitrogen and oxygen atoms in total. The van der Waals surface area contributed by atoms with Crippen LogP contribution in [0.5, 0.6) is 0 Å². The highest BCUT2D eigenvalue weighted by molar-refractivity contribution is 5.85. The van der Waals surface area contributed by atoms with Gasteiger partial charge in [-0.15, -0.1) is 12.4 Å². The number of carboxylic acids is 1. The molecule has 0 spiro atoms. The Morgan fingerprint density at radius 2 is 2.23 bits per heavy atom. The summed E-state index contributed by atoms with van der Waals surface area (Å²) in [7, 11) is 0. The molecule has 0 fully saturated rings. The molecular weight excluding hydrogens is 190 g/mol. The highest BCUT2D eigenvalue weighted by Gasteiger charge is 2.17. The van der Waals surface area contributed by atoms with E-state index in [2.05, 4.69) is 0 Å². The van der Waals surface area contributed by atoms with Gasteiger partial charge < -0.3 is 10.8 Å². The third-order valence-electron chi connectivity index (χ3n) is 1.66. The quantitative estimate of drug-likeness (QED) is 0.662. The molecule has 0 bridgehead atoms. The van der Waals surface area contributed by atoms with Crippen LogP contribution in [0, 0.1) is 0 Å². The molecule has 1 unspecified atom stereocenters. The van der Waals surface area contributed by atoms with Crippen LogP contribution in [0.1, 0.15) is 6.42 Å². The maximum absolute atomic E-state index is 10.2. The molecule has 13 heavy (non-hydrogen) atoms. The second-order valence-corrected chi connectivity index (χ2v) is 2.78. The summed E-state index contributed by atoms with van der Waals surface area (Å²) in [4.78, 5) is 10.2. The van der Waals surface area contributed by atoms with E-state index in [9.17, 15) is 4.79 Å². The topological polar surface area (TPSA) is 63.3 Å². The molecule has 0 radical (unpaired) electrons. The average Bonchev–Trinajstić information content (AvgIpc) is 2.03. The van der Waals surface area contributed by atoms with Gasteiger partial charge in [0.2, 0.25) is 0 Å². The van der Waals surface area contributed by atoms with Crippen LogP contribution in [0.2, 0.25) is 0 Å². The minimum Gasteiger partial charge on any atom is -0.478 e. The fraction of sp³-hybridized carbons (Fsp3) is 0.222. The molecule has 0 aromatic rings. The lowest BCUT2D eigenvalue weighted by Gasteiger charge is -2.21. The molecule has 3 N–H and O–H groups in total. The SMILES string of the molecule is Cl.NC1(/C=C/C(=O)O)C=CC=CC1. The second kappa shape index (κ2) is 4.84. The number of hydrogen-bond donors (Lipinski definition) is 2. The zero-order chi connectivity index (χ0) is 9.03. The summed E-state index contributed by atoms with van der Waals surface area (Å²) in [6, 6.07) is 0. The van der Waals surface area contributed by atoms with Crippen molar-refractivity contribution in [1.82, 2.24) is 0 Å². The van der Waals surface area contributed by atoms with Gasteiger partial charge in [-0.2, -0.15) is 0 Å². The van der Waals surface area contributed by atoms with Gasteiger partial charge >= 0.3 is 5.97 Å². The summed E-state index contributed by atoms with van der Waals surface area (Å²) in [5.41, 5.74) is 5.20. The predicted octanol–water partition coefficient (Wildman–Crippen LogP) is 1.26. The largest absolute Gasteiger partial charge is 0.478 e. The lowest BCUT2D eigenvalue weighted by molar-refractivity contribution is -0.131. The number of halogens is 1. The van der Waals surface area contributed by atoms with Gasteiger partial charge in [0.1, 0.15) is 0 Å². The van der Waals surface area contributed by atoms with E-state index >= 15 is 0 Å². The summed E-state index contributed by atoms with van der Waals surface area (Å²) in [6.45, 7) is 0. The van der Waals surface area contributed by atoms with Crippen LogP contribution in [0.25, 0.3) is 0 Å². The summed E-state index contributed by atoms with van der Waals surface area (Å²) in [5.74, 6) is -0.970. The zero-order valence-electron chi connectivity index (χ0n) is 7.01. The number of rotatable bonds is 2. The van der Waals surface area contributed by atoms with Crippen molar-refractivity contribution >= 4 is 18.4 Å². The molecular formula is C9H12ClNO2. The molecule has 0 heterocycles. The summed E-state index contributed by atoms with van der Waals surface area (Å²) >= 11 is 0. The Morgan fingerprint density at radius 1 is 1.54 bits per heavy atom. The summed E-state index contributed by atoms with van der Waals surface area (Å²) in [6.07, 6.45) is 10.6. The fourth-order valence-electron chi connectivity index (χ4n) is 1.00. The van der Waals surface area contributed by atoms with Gasteiger partial charge in [-0.25, -0.2) is 4.79 Å². The molecule has 1 atom stereocenters. The normalized spacial score (nSPS) is 25.9. The molecule has 0 amide bonds. The predicted molar refractivity (Wildman–Crippen MR) is 53.8 cm³/mol.